The highest BCUT2D eigenvalue weighted by Crippen LogP contribution is 2.36. The van der Waals surface area contributed by atoms with E-state index in [-0.39, 0.29) is 3.70 Å². The van der Waals surface area contributed by atoms with Gasteiger partial charge >= 0.3 is 6.36 Å². The van der Waals surface area contributed by atoms with Crippen LogP contribution in [0.5, 0.6) is 11.5 Å². The summed E-state index contributed by atoms with van der Waals surface area (Å²) in [4.78, 5) is 3.41. The Morgan fingerprint density at radius 3 is 2.39 bits per heavy atom. The predicted molar refractivity (Wildman–Crippen MR) is 61.6 cm³/mol. The summed E-state index contributed by atoms with van der Waals surface area (Å²) < 4.78 is 66.4. The summed E-state index contributed by atoms with van der Waals surface area (Å²) in [7, 11) is -3.09. The third-order valence-corrected chi connectivity index (χ3v) is 3.13. The van der Waals surface area contributed by atoms with E-state index in [0.29, 0.717) is 0 Å². The van der Waals surface area contributed by atoms with Crippen LogP contribution in [-0.4, -0.2) is 26.9 Å². The predicted octanol–water partition coefficient (Wildman–Crippen LogP) is 1.24. The Hall–Kier alpha value is -0.820. The highest BCUT2D eigenvalue weighted by molar-refractivity contribution is 14.1. The molecule has 1 heterocycles. The molecule has 0 aliphatic rings. The van der Waals surface area contributed by atoms with Crippen molar-refractivity contribution in [1.29, 1.82) is 0 Å². The van der Waals surface area contributed by atoms with Gasteiger partial charge in [-0.3, -0.25) is 0 Å². The summed E-state index contributed by atoms with van der Waals surface area (Å²) in [5.74, 6) is -1.16. The molecule has 102 valence electrons. The summed E-state index contributed by atoms with van der Waals surface area (Å²) in [6, 6.07) is 0.749. The normalized spacial score (nSPS) is 12.3. The van der Waals surface area contributed by atoms with Crippen molar-refractivity contribution in [1.82, 2.24) is 4.98 Å². The minimum absolute atomic E-state index is 0.340. The van der Waals surface area contributed by atoms with Crippen molar-refractivity contribution < 1.29 is 31.1 Å². The Morgan fingerprint density at radius 2 is 2.00 bits per heavy atom. The largest absolute Gasteiger partial charge is 0.573 e. The number of rotatable bonds is 3. The first kappa shape index (κ1) is 15.2. The van der Waals surface area contributed by atoms with Crippen molar-refractivity contribution in [2.45, 2.75) is 11.4 Å². The third-order valence-electron chi connectivity index (χ3n) is 1.60. The molecule has 0 atom stereocenters. The number of hydrogen-bond acceptors (Lipinski definition) is 5. The van der Waals surface area contributed by atoms with E-state index < -0.39 is 32.9 Å². The molecule has 0 aliphatic carbocycles. The smallest absolute Gasteiger partial charge is 0.493 e. The van der Waals surface area contributed by atoms with Crippen LogP contribution < -0.4 is 14.6 Å². The lowest BCUT2D eigenvalue weighted by Crippen LogP contribution is -2.20. The standard InChI is InChI=1S/C7H6F3IN2O4S/c1-16-3-2-4(18(12,14)15)13-6(11)5(3)17-7(8,9)10/h2H,1H3,(H2,12,14,15). The second-order valence-corrected chi connectivity index (χ2v) is 5.41. The average molecular weight is 398 g/mol. The number of pyridine rings is 1. The number of halogens is 4. The second kappa shape index (κ2) is 5.05. The zero-order valence-electron chi connectivity index (χ0n) is 8.66. The Kier molecular flexibility index (Phi) is 4.27. The van der Waals surface area contributed by atoms with E-state index in [2.05, 4.69) is 14.5 Å². The molecule has 0 unspecified atom stereocenters. The minimum atomic E-state index is -4.95. The van der Waals surface area contributed by atoms with Gasteiger partial charge in [0.1, 0.15) is 3.70 Å². The van der Waals surface area contributed by atoms with Gasteiger partial charge in [-0.1, -0.05) is 0 Å². The van der Waals surface area contributed by atoms with Crippen LogP contribution in [0.1, 0.15) is 0 Å². The molecule has 18 heavy (non-hydrogen) atoms. The molecular weight excluding hydrogens is 392 g/mol. The zero-order valence-corrected chi connectivity index (χ0v) is 11.6. The van der Waals surface area contributed by atoms with Crippen LogP contribution in [0.3, 0.4) is 0 Å². The quantitative estimate of drug-likeness (QED) is 0.611. The fraction of sp³-hybridized carbons (Fsp3) is 0.286. The highest BCUT2D eigenvalue weighted by atomic mass is 127. The second-order valence-electron chi connectivity index (χ2n) is 2.88. The van der Waals surface area contributed by atoms with Gasteiger partial charge in [0, 0.05) is 6.07 Å². The summed E-state index contributed by atoms with van der Waals surface area (Å²) in [5.41, 5.74) is 0. The van der Waals surface area contributed by atoms with Gasteiger partial charge in [-0.15, -0.1) is 13.2 Å². The third kappa shape index (κ3) is 3.84. The van der Waals surface area contributed by atoms with Crippen LogP contribution in [0.4, 0.5) is 13.2 Å². The maximum Gasteiger partial charge on any atom is 0.573 e. The van der Waals surface area contributed by atoms with Gasteiger partial charge < -0.3 is 9.47 Å². The van der Waals surface area contributed by atoms with E-state index >= 15 is 0 Å². The molecular formula is C7H6F3IN2O4S. The molecule has 0 aromatic carbocycles. The number of aromatic nitrogens is 1. The lowest BCUT2D eigenvalue weighted by atomic mass is 10.4. The van der Waals surface area contributed by atoms with E-state index in [1.54, 1.807) is 0 Å². The molecule has 0 fully saturated rings. The molecule has 0 aliphatic heterocycles. The van der Waals surface area contributed by atoms with Crippen LogP contribution in [0, 0.1) is 3.70 Å². The Morgan fingerprint density at radius 1 is 1.44 bits per heavy atom. The van der Waals surface area contributed by atoms with Crippen molar-refractivity contribution >= 4 is 32.6 Å². The first-order valence-corrected chi connectivity index (χ1v) is 6.70. The zero-order chi connectivity index (χ0) is 14.1. The van der Waals surface area contributed by atoms with Crippen LogP contribution >= 0.6 is 22.6 Å². The number of alkyl halides is 3. The van der Waals surface area contributed by atoms with Gasteiger partial charge in [-0.05, 0) is 22.6 Å². The lowest BCUT2D eigenvalue weighted by molar-refractivity contribution is -0.275. The molecule has 1 aromatic rings. The molecule has 0 radical (unpaired) electrons. The summed E-state index contributed by atoms with van der Waals surface area (Å²) >= 11 is 1.38. The number of methoxy groups -OCH3 is 1. The highest BCUT2D eigenvalue weighted by Gasteiger charge is 2.34. The van der Waals surface area contributed by atoms with Gasteiger partial charge in [0.25, 0.3) is 10.0 Å². The van der Waals surface area contributed by atoms with Crippen LogP contribution in [0.2, 0.25) is 0 Å². The van der Waals surface area contributed by atoms with Crippen LogP contribution in [0.15, 0.2) is 11.1 Å². The van der Waals surface area contributed by atoms with Gasteiger partial charge in [0.15, 0.2) is 10.8 Å². The summed E-state index contributed by atoms with van der Waals surface area (Å²) in [6.45, 7) is 0. The lowest BCUT2D eigenvalue weighted by Gasteiger charge is -2.14. The minimum Gasteiger partial charge on any atom is -0.493 e. The van der Waals surface area contributed by atoms with Gasteiger partial charge in [0.2, 0.25) is 5.75 Å². The average Bonchev–Trinajstić information content (AvgIpc) is 2.17. The molecule has 0 bridgehead atoms. The van der Waals surface area contributed by atoms with E-state index in [1.165, 1.54) is 22.6 Å². The molecule has 0 amide bonds. The molecule has 0 saturated carbocycles. The first-order chi connectivity index (χ1) is 8.04. The molecule has 0 saturated heterocycles. The topological polar surface area (TPSA) is 91.5 Å². The SMILES string of the molecule is COc1cc(S(N)(=O)=O)nc(I)c1OC(F)(F)F. The number of ether oxygens (including phenoxy) is 2. The summed E-state index contributed by atoms with van der Waals surface area (Å²) in [5, 5.41) is 4.20. The van der Waals surface area contributed by atoms with Gasteiger partial charge in [0.05, 0.1) is 7.11 Å². The number of sulfonamides is 1. The van der Waals surface area contributed by atoms with E-state index in [9.17, 15) is 21.6 Å². The van der Waals surface area contributed by atoms with E-state index in [0.717, 1.165) is 13.2 Å². The Balaban J connectivity index is 3.38. The van der Waals surface area contributed by atoms with Gasteiger partial charge in [-0.2, -0.15) is 0 Å². The maximum atomic E-state index is 12.1. The number of nitrogens with two attached hydrogens (primary N) is 1. The van der Waals surface area contributed by atoms with Crippen LogP contribution in [0.25, 0.3) is 0 Å². The maximum absolute atomic E-state index is 12.1. The first-order valence-electron chi connectivity index (χ1n) is 4.07. The number of primary sulfonamides is 1. The van der Waals surface area contributed by atoms with Crippen molar-refractivity contribution in [3.8, 4) is 11.5 Å². The Bertz CT molecular complexity index is 561. The molecule has 11 heteroatoms. The van der Waals surface area contributed by atoms with Crippen molar-refractivity contribution in [3.63, 3.8) is 0 Å². The van der Waals surface area contributed by atoms with Crippen molar-refractivity contribution in [2.24, 2.45) is 5.14 Å². The summed E-state index contributed by atoms with van der Waals surface area (Å²) in [6.07, 6.45) is -4.95. The van der Waals surface area contributed by atoms with Crippen LogP contribution in [-0.2, 0) is 10.0 Å². The van der Waals surface area contributed by atoms with Crippen molar-refractivity contribution in [3.05, 3.63) is 9.77 Å². The fourth-order valence-electron chi connectivity index (χ4n) is 0.965. The van der Waals surface area contributed by atoms with Crippen molar-refractivity contribution in [2.75, 3.05) is 7.11 Å². The molecule has 1 rings (SSSR count). The molecule has 1 aromatic heterocycles. The number of nitrogens with zero attached hydrogens (tertiary/aromatic N) is 1. The van der Waals surface area contributed by atoms with Gasteiger partial charge in [-0.25, -0.2) is 18.5 Å². The Labute approximate surface area is 113 Å². The molecule has 0 spiro atoms. The molecule has 6 nitrogen and oxygen atoms in total. The van der Waals surface area contributed by atoms with E-state index in [1.807, 2.05) is 0 Å². The fourth-order valence-corrected chi connectivity index (χ4v) is 2.25. The molecule has 2 N–H and O–H groups in total. The van der Waals surface area contributed by atoms with E-state index in [4.69, 9.17) is 5.14 Å². The number of hydrogen-bond donors (Lipinski definition) is 1. The monoisotopic (exact) mass is 398 g/mol.